The van der Waals surface area contributed by atoms with E-state index in [1.165, 1.54) is 23.5 Å². The van der Waals surface area contributed by atoms with Crippen molar-refractivity contribution in [3.8, 4) is 0 Å². The van der Waals surface area contributed by atoms with E-state index in [0.29, 0.717) is 10.4 Å². The van der Waals surface area contributed by atoms with Gasteiger partial charge in [0.2, 0.25) is 5.78 Å². The first-order chi connectivity index (χ1) is 14.3. The number of ether oxygens (including phenoxy) is 1. The second-order valence-corrected chi connectivity index (χ2v) is 8.21. The van der Waals surface area contributed by atoms with Gasteiger partial charge in [0.05, 0.1) is 10.4 Å². The summed E-state index contributed by atoms with van der Waals surface area (Å²) < 4.78 is 6.20. The molecule has 30 heavy (non-hydrogen) atoms. The first-order valence-corrected chi connectivity index (χ1v) is 10.0. The predicted octanol–water partition coefficient (Wildman–Crippen LogP) is 3.30. The van der Waals surface area contributed by atoms with Gasteiger partial charge in [0.25, 0.3) is 5.91 Å². The monoisotopic (exact) mass is 422 g/mol. The van der Waals surface area contributed by atoms with Gasteiger partial charge in [-0.3, -0.25) is 14.9 Å². The number of urea groups is 1. The number of ketones is 1. The van der Waals surface area contributed by atoms with E-state index >= 15 is 0 Å². The average molecular weight is 422 g/mol. The van der Waals surface area contributed by atoms with Gasteiger partial charge in [-0.15, -0.1) is 11.3 Å². The Kier molecular flexibility index (Phi) is 4.87. The summed E-state index contributed by atoms with van der Waals surface area (Å²) in [6.45, 7) is 3.10. The third kappa shape index (κ3) is 3.35. The highest BCUT2D eigenvalue weighted by molar-refractivity contribution is 7.21. The smallest absolute Gasteiger partial charge is 0.338 e. The van der Waals surface area contributed by atoms with Gasteiger partial charge in [0, 0.05) is 4.70 Å². The molecular formula is C22H18N2O5S. The number of carbonyl (C=O) groups excluding carboxylic acids is 4. The second kappa shape index (κ2) is 7.38. The Morgan fingerprint density at radius 2 is 1.77 bits per heavy atom. The zero-order valence-electron chi connectivity index (χ0n) is 16.3. The van der Waals surface area contributed by atoms with Gasteiger partial charge in [0.1, 0.15) is 5.54 Å². The van der Waals surface area contributed by atoms with Crippen LogP contribution in [0.15, 0.2) is 48.5 Å². The van der Waals surface area contributed by atoms with Crippen LogP contribution in [0, 0.1) is 6.92 Å². The molecule has 1 aromatic heterocycles. The Morgan fingerprint density at radius 3 is 2.40 bits per heavy atom. The largest absolute Gasteiger partial charge is 0.454 e. The van der Waals surface area contributed by atoms with E-state index in [4.69, 9.17) is 4.74 Å². The van der Waals surface area contributed by atoms with Crippen LogP contribution in [-0.2, 0) is 15.1 Å². The molecule has 8 heteroatoms. The summed E-state index contributed by atoms with van der Waals surface area (Å²) >= 11 is 1.38. The molecule has 2 aromatic carbocycles. The standard InChI is InChI=1S/C22H18N2O5S/c1-12-15-5-3-4-6-17(15)30-18(12)16(25)11-29-19(26)13-7-9-14(10-8-13)22(2)20(27)23-21(28)24-22/h3-10H,11H2,1-2H3,(H2,23,24,27,28). The number of carbonyl (C=O) groups is 4. The van der Waals surface area contributed by atoms with Gasteiger partial charge in [0.15, 0.2) is 6.61 Å². The van der Waals surface area contributed by atoms with Crippen molar-refractivity contribution in [2.75, 3.05) is 6.61 Å². The van der Waals surface area contributed by atoms with Crippen molar-refractivity contribution >= 4 is 45.1 Å². The molecule has 1 atom stereocenters. The van der Waals surface area contributed by atoms with E-state index in [9.17, 15) is 19.2 Å². The SMILES string of the molecule is Cc1c(C(=O)COC(=O)c2ccc(C3(C)NC(=O)NC3=O)cc2)sc2ccccc12. The highest BCUT2D eigenvalue weighted by Gasteiger charge is 2.43. The van der Waals surface area contributed by atoms with Gasteiger partial charge in [-0.1, -0.05) is 30.3 Å². The molecule has 2 N–H and O–H groups in total. The number of nitrogens with one attached hydrogen (secondary N) is 2. The Bertz CT molecular complexity index is 1200. The number of amides is 3. The topological polar surface area (TPSA) is 102 Å². The Labute approximate surface area is 176 Å². The first-order valence-electron chi connectivity index (χ1n) is 9.22. The number of benzene rings is 2. The summed E-state index contributed by atoms with van der Waals surface area (Å²) in [6.07, 6.45) is 0. The van der Waals surface area contributed by atoms with Gasteiger partial charge >= 0.3 is 12.0 Å². The lowest BCUT2D eigenvalue weighted by Gasteiger charge is -2.21. The van der Waals surface area contributed by atoms with E-state index < -0.39 is 23.4 Å². The minimum atomic E-state index is -1.20. The van der Waals surface area contributed by atoms with Crippen molar-refractivity contribution in [2.24, 2.45) is 0 Å². The summed E-state index contributed by atoms with van der Waals surface area (Å²) in [6, 6.07) is 13.3. The van der Waals surface area contributed by atoms with Crippen molar-refractivity contribution in [2.45, 2.75) is 19.4 Å². The highest BCUT2D eigenvalue weighted by Crippen LogP contribution is 2.31. The fourth-order valence-corrected chi connectivity index (χ4v) is 4.54. The van der Waals surface area contributed by atoms with Gasteiger partial charge in [-0.25, -0.2) is 9.59 Å². The molecule has 0 saturated carbocycles. The van der Waals surface area contributed by atoms with E-state index in [-0.39, 0.29) is 18.0 Å². The fraction of sp³-hybridized carbons (Fsp3) is 0.182. The maximum atomic E-state index is 12.6. The zero-order valence-corrected chi connectivity index (χ0v) is 17.1. The van der Waals surface area contributed by atoms with E-state index in [1.807, 2.05) is 31.2 Å². The minimum absolute atomic E-state index is 0.243. The molecule has 0 aliphatic carbocycles. The number of hydrogen-bond donors (Lipinski definition) is 2. The maximum Gasteiger partial charge on any atom is 0.338 e. The third-order valence-electron chi connectivity index (χ3n) is 5.17. The summed E-state index contributed by atoms with van der Waals surface area (Å²) in [5.74, 6) is -1.36. The third-order valence-corrected chi connectivity index (χ3v) is 6.49. The van der Waals surface area contributed by atoms with Crippen LogP contribution >= 0.6 is 11.3 Å². The van der Waals surface area contributed by atoms with Gasteiger partial charge in [-0.05, 0) is 48.6 Å². The molecule has 7 nitrogen and oxygen atoms in total. The Balaban J connectivity index is 1.44. The molecule has 1 fully saturated rings. The van der Waals surface area contributed by atoms with Crippen LogP contribution in [0.5, 0.6) is 0 Å². The van der Waals surface area contributed by atoms with Crippen LogP contribution in [0.2, 0.25) is 0 Å². The molecule has 0 bridgehead atoms. The lowest BCUT2D eigenvalue weighted by Crippen LogP contribution is -2.40. The molecule has 4 rings (SSSR count). The number of imide groups is 1. The number of Topliss-reactive ketones (excluding diaryl/α,β-unsaturated/α-hetero) is 1. The quantitative estimate of drug-likeness (QED) is 0.373. The van der Waals surface area contributed by atoms with Crippen molar-refractivity contribution in [3.05, 3.63) is 70.1 Å². The molecule has 1 aliphatic rings. The minimum Gasteiger partial charge on any atom is -0.454 e. The van der Waals surface area contributed by atoms with Crippen LogP contribution in [0.1, 0.15) is 38.1 Å². The number of esters is 1. The number of rotatable bonds is 5. The Morgan fingerprint density at radius 1 is 1.07 bits per heavy atom. The molecule has 2 heterocycles. The van der Waals surface area contributed by atoms with E-state index in [2.05, 4.69) is 10.6 Å². The number of fused-ring (bicyclic) bond motifs is 1. The summed E-state index contributed by atoms with van der Waals surface area (Å²) in [5.41, 5.74) is 0.451. The zero-order chi connectivity index (χ0) is 21.5. The summed E-state index contributed by atoms with van der Waals surface area (Å²) in [7, 11) is 0. The van der Waals surface area contributed by atoms with Crippen LogP contribution in [-0.4, -0.2) is 30.3 Å². The molecule has 0 radical (unpaired) electrons. The average Bonchev–Trinajstić information content (AvgIpc) is 3.22. The molecule has 0 spiro atoms. The number of aryl methyl sites for hydroxylation is 1. The van der Waals surface area contributed by atoms with Gasteiger partial charge in [-0.2, -0.15) is 0 Å². The maximum absolute atomic E-state index is 12.6. The van der Waals surface area contributed by atoms with Crippen LogP contribution in [0.3, 0.4) is 0 Å². The van der Waals surface area contributed by atoms with Crippen LogP contribution in [0.4, 0.5) is 4.79 Å². The lowest BCUT2D eigenvalue weighted by atomic mass is 9.91. The van der Waals surface area contributed by atoms with Crippen molar-refractivity contribution in [3.63, 3.8) is 0 Å². The predicted molar refractivity (Wildman–Crippen MR) is 112 cm³/mol. The molecule has 1 aliphatic heterocycles. The second-order valence-electron chi connectivity index (χ2n) is 7.16. The molecular weight excluding hydrogens is 404 g/mol. The highest BCUT2D eigenvalue weighted by atomic mass is 32.1. The first kappa shape index (κ1) is 19.8. The summed E-state index contributed by atoms with van der Waals surface area (Å²) in [5, 5.41) is 5.77. The molecule has 1 unspecified atom stereocenters. The molecule has 3 aromatic rings. The van der Waals surface area contributed by atoms with Crippen LogP contribution < -0.4 is 10.6 Å². The van der Waals surface area contributed by atoms with Crippen LogP contribution in [0.25, 0.3) is 10.1 Å². The fourth-order valence-electron chi connectivity index (χ4n) is 3.41. The van der Waals surface area contributed by atoms with Gasteiger partial charge < -0.3 is 10.1 Å². The molecule has 152 valence electrons. The summed E-state index contributed by atoms with van der Waals surface area (Å²) in [4.78, 5) is 48.9. The van der Waals surface area contributed by atoms with E-state index in [1.54, 1.807) is 19.1 Å². The lowest BCUT2D eigenvalue weighted by molar-refractivity contribution is -0.123. The molecule has 3 amide bonds. The number of hydrogen-bond acceptors (Lipinski definition) is 6. The Hall–Kier alpha value is -3.52. The molecule has 1 saturated heterocycles. The number of thiophene rings is 1. The normalized spacial score (nSPS) is 18.2. The van der Waals surface area contributed by atoms with Crippen molar-refractivity contribution in [1.29, 1.82) is 0 Å². The van der Waals surface area contributed by atoms with Crippen molar-refractivity contribution in [1.82, 2.24) is 10.6 Å². The van der Waals surface area contributed by atoms with E-state index in [0.717, 1.165) is 15.6 Å². The van der Waals surface area contributed by atoms with Crippen molar-refractivity contribution < 1.29 is 23.9 Å².